The standard InChI is InChI=1S/C9H8O4.C5H10/c1-5-2-3-6(8(10)11)4-7(5)9(12)13;1-3-5-4-2/h2-4H,1H3,(H,10,11)(H,12,13);3H,1,4-5H2,2H3. The van der Waals surface area contributed by atoms with Crippen LogP contribution in [0.25, 0.3) is 0 Å². The van der Waals surface area contributed by atoms with Gasteiger partial charge >= 0.3 is 11.9 Å². The summed E-state index contributed by atoms with van der Waals surface area (Å²) in [6.07, 6.45) is 4.31. The van der Waals surface area contributed by atoms with Crippen molar-refractivity contribution in [3.63, 3.8) is 0 Å². The predicted molar refractivity (Wildman–Crippen MR) is 70.2 cm³/mol. The van der Waals surface area contributed by atoms with E-state index in [2.05, 4.69) is 13.5 Å². The van der Waals surface area contributed by atoms with E-state index in [1.807, 2.05) is 6.08 Å². The van der Waals surface area contributed by atoms with Gasteiger partial charge in [-0.3, -0.25) is 0 Å². The molecule has 0 heterocycles. The Hall–Kier alpha value is -2.10. The van der Waals surface area contributed by atoms with E-state index in [-0.39, 0.29) is 11.1 Å². The summed E-state index contributed by atoms with van der Waals surface area (Å²) >= 11 is 0. The lowest BCUT2D eigenvalue weighted by molar-refractivity contribution is 0.0695. The summed E-state index contributed by atoms with van der Waals surface area (Å²) in [5.74, 6) is -2.23. The quantitative estimate of drug-likeness (QED) is 0.803. The van der Waals surface area contributed by atoms with Crippen molar-refractivity contribution in [1.82, 2.24) is 0 Å². The van der Waals surface area contributed by atoms with E-state index in [4.69, 9.17) is 10.2 Å². The van der Waals surface area contributed by atoms with Crippen LogP contribution in [0, 0.1) is 6.92 Å². The van der Waals surface area contributed by atoms with Crippen LogP contribution in [-0.4, -0.2) is 22.2 Å². The molecule has 1 aromatic carbocycles. The Morgan fingerprint density at radius 3 is 2.22 bits per heavy atom. The monoisotopic (exact) mass is 250 g/mol. The topological polar surface area (TPSA) is 74.6 Å². The Balaban J connectivity index is 0.000000494. The minimum absolute atomic E-state index is 0.0111. The molecule has 2 N–H and O–H groups in total. The molecule has 0 aromatic heterocycles. The van der Waals surface area contributed by atoms with Gasteiger partial charge in [-0.1, -0.05) is 25.5 Å². The number of hydrogen-bond donors (Lipinski definition) is 2. The van der Waals surface area contributed by atoms with Gasteiger partial charge in [0.1, 0.15) is 0 Å². The molecule has 98 valence electrons. The van der Waals surface area contributed by atoms with Gasteiger partial charge in [0.25, 0.3) is 0 Å². The fourth-order valence-electron chi connectivity index (χ4n) is 1.19. The first kappa shape index (κ1) is 15.9. The highest BCUT2D eigenvalue weighted by Gasteiger charge is 2.10. The minimum Gasteiger partial charge on any atom is -0.478 e. The molecule has 0 spiro atoms. The third-order valence-electron chi connectivity index (χ3n) is 2.21. The van der Waals surface area contributed by atoms with Crippen LogP contribution in [0.4, 0.5) is 0 Å². The van der Waals surface area contributed by atoms with E-state index < -0.39 is 11.9 Å². The van der Waals surface area contributed by atoms with Crippen molar-refractivity contribution in [3.05, 3.63) is 47.5 Å². The van der Waals surface area contributed by atoms with Gasteiger partial charge in [-0.25, -0.2) is 9.59 Å². The summed E-state index contributed by atoms with van der Waals surface area (Å²) < 4.78 is 0. The maximum absolute atomic E-state index is 10.6. The molecule has 4 nitrogen and oxygen atoms in total. The molecule has 1 rings (SSSR count). The highest BCUT2D eigenvalue weighted by molar-refractivity contribution is 5.94. The molecule has 0 unspecified atom stereocenters. The zero-order chi connectivity index (χ0) is 14.1. The molecule has 0 radical (unpaired) electrons. The largest absolute Gasteiger partial charge is 0.478 e. The molecule has 0 atom stereocenters. The SMILES string of the molecule is C=CCCC.Cc1ccc(C(=O)O)cc1C(=O)O. The van der Waals surface area contributed by atoms with E-state index in [9.17, 15) is 9.59 Å². The summed E-state index contributed by atoms with van der Waals surface area (Å²) in [4.78, 5) is 21.1. The number of rotatable bonds is 4. The Labute approximate surface area is 107 Å². The third-order valence-corrected chi connectivity index (χ3v) is 2.21. The number of carboxylic acids is 2. The van der Waals surface area contributed by atoms with Crippen LogP contribution in [0.5, 0.6) is 0 Å². The number of unbranched alkanes of at least 4 members (excludes halogenated alkanes) is 1. The second-order valence-corrected chi connectivity index (χ2v) is 3.72. The van der Waals surface area contributed by atoms with Crippen molar-refractivity contribution in [2.24, 2.45) is 0 Å². The number of allylic oxidation sites excluding steroid dienone is 1. The van der Waals surface area contributed by atoms with Crippen molar-refractivity contribution < 1.29 is 19.8 Å². The summed E-state index contributed by atoms with van der Waals surface area (Å²) in [6, 6.07) is 4.01. The van der Waals surface area contributed by atoms with E-state index >= 15 is 0 Å². The first-order valence-electron chi connectivity index (χ1n) is 5.62. The Kier molecular flexibility index (Phi) is 7.12. The van der Waals surface area contributed by atoms with Crippen molar-refractivity contribution in [1.29, 1.82) is 0 Å². The summed E-state index contributed by atoms with van der Waals surface area (Å²) in [7, 11) is 0. The zero-order valence-corrected chi connectivity index (χ0v) is 10.6. The van der Waals surface area contributed by atoms with Gasteiger partial charge in [0.15, 0.2) is 0 Å². The lowest BCUT2D eigenvalue weighted by Gasteiger charge is -2.01. The second-order valence-electron chi connectivity index (χ2n) is 3.72. The van der Waals surface area contributed by atoms with Crippen molar-refractivity contribution >= 4 is 11.9 Å². The van der Waals surface area contributed by atoms with Crippen LogP contribution >= 0.6 is 0 Å². The normalized spacial score (nSPS) is 9.00. The van der Waals surface area contributed by atoms with Gasteiger partial charge in [0, 0.05) is 0 Å². The number of benzene rings is 1. The highest BCUT2D eigenvalue weighted by atomic mass is 16.4. The lowest BCUT2D eigenvalue weighted by atomic mass is 10.1. The average molecular weight is 250 g/mol. The van der Waals surface area contributed by atoms with Gasteiger partial charge in [-0.05, 0) is 31.0 Å². The van der Waals surface area contributed by atoms with Crippen molar-refractivity contribution in [2.75, 3.05) is 0 Å². The van der Waals surface area contributed by atoms with Crippen LogP contribution < -0.4 is 0 Å². The minimum atomic E-state index is -1.12. The van der Waals surface area contributed by atoms with E-state index in [0.29, 0.717) is 5.56 Å². The number of aryl methyl sites for hydroxylation is 1. The second kappa shape index (κ2) is 8.06. The number of hydrogen-bond acceptors (Lipinski definition) is 2. The first-order valence-corrected chi connectivity index (χ1v) is 5.62. The van der Waals surface area contributed by atoms with Crippen LogP contribution in [0.15, 0.2) is 30.9 Å². The first-order chi connectivity index (χ1) is 8.43. The number of aromatic carboxylic acids is 2. The van der Waals surface area contributed by atoms with E-state index in [1.165, 1.54) is 18.6 Å². The Morgan fingerprint density at radius 2 is 1.89 bits per heavy atom. The van der Waals surface area contributed by atoms with Crippen molar-refractivity contribution in [2.45, 2.75) is 26.7 Å². The number of carbonyl (C=O) groups is 2. The molecule has 0 saturated carbocycles. The smallest absolute Gasteiger partial charge is 0.335 e. The molecular formula is C14H18O4. The maximum Gasteiger partial charge on any atom is 0.335 e. The molecule has 0 aliphatic rings. The van der Waals surface area contributed by atoms with E-state index in [1.54, 1.807) is 6.92 Å². The van der Waals surface area contributed by atoms with Crippen LogP contribution in [0.2, 0.25) is 0 Å². The van der Waals surface area contributed by atoms with Gasteiger partial charge in [0.05, 0.1) is 11.1 Å². The Bertz CT molecular complexity index is 435. The average Bonchev–Trinajstić information content (AvgIpc) is 2.30. The van der Waals surface area contributed by atoms with E-state index in [0.717, 1.165) is 12.5 Å². The Morgan fingerprint density at radius 1 is 1.28 bits per heavy atom. The van der Waals surface area contributed by atoms with Gasteiger partial charge in [0.2, 0.25) is 0 Å². The molecule has 0 saturated heterocycles. The van der Waals surface area contributed by atoms with Gasteiger partial charge < -0.3 is 10.2 Å². The number of carboxylic acid groups (broad SMARTS) is 2. The molecule has 0 amide bonds. The van der Waals surface area contributed by atoms with Crippen LogP contribution in [-0.2, 0) is 0 Å². The summed E-state index contributed by atoms with van der Waals surface area (Å²) in [5, 5.41) is 17.3. The maximum atomic E-state index is 10.6. The van der Waals surface area contributed by atoms with Gasteiger partial charge in [-0.2, -0.15) is 0 Å². The molecule has 4 heteroatoms. The summed E-state index contributed by atoms with van der Waals surface area (Å²) in [5.41, 5.74) is 0.570. The van der Waals surface area contributed by atoms with Gasteiger partial charge in [-0.15, -0.1) is 6.58 Å². The fourth-order valence-corrected chi connectivity index (χ4v) is 1.19. The fraction of sp³-hybridized carbons (Fsp3) is 0.286. The molecular weight excluding hydrogens is 232 g/mol. The molecule has 1 aromatic rings. The third kappa shape index (κ3) is 5.30. The molecule has 0 fully saturated rings. The molecule has 18 heavy (non-hydrogen) atoms. The summed E-state index contributed by atoms with van der Waals surface area (Å²) in [6.45, 7) is 7.31. The zero-order valence-electron chi connectivity index (χ0n) is 10.6. The predicted octanol–water partition coefficient (Wildman–Crippen LogP) is 3.36. The van der Waals surface area contributed by atoms with Crippen molar-refractivity contribution in [3.8, 4) is 0 Å². The molecule has 0 bridgehead atoms. The van der Waals surface area contributed by atoms with Crippen LogP contribution in [0.1, 0.15) is 46.0 Å². The van der Waals surface area contributed by atoms with Crippen LogP contribution in [0.3, 0.4) is 0 Å². The lowest BCUT2D eigenvalue weighted by Crippen LogP contribution is -2.03. The molecule has 0 aliphatic heterocycles. The highest BCUT2D eigenvalue weighted by Crippen LogP contribution is 2.11. The molecule has 0 aliphatic carbocycles.